The van der Waals surface area contributed by atoms with Crippen LogP contribution in [0.3, 0.4) is 0 Å². The summed E-state index contributed by atoms with van der Waals surface area (Å²) in [5.41, 5.74) is 4.85. The van der Waals surface area contributed by atoms with E-state index in [1.165, 1.54) is 0 Å². The first kappa shape index (κ1) is 29.2. The Hall–Kier alpha value is -4.85. The molecule has 2 nitrogen and oxygen atoms in total. The van der Waals surface area contributed by atoms with Gasteiger partial charge in [-0.05, 0) is 60.7 Å². The number of benzene rings is 6. The van der Waals surface area contributed by atoms with Crippen LogP contribution in [-0.2, 0) is 0 Å². The first-order valence-electron chi connectivity index (χ1n) is 14.1. The molecule has 8 heteroatoms. The predicted molar refractivity (Wildman–Crippen MR) is 170 cm³/mol. The first-order valence-corrected chi connectivity index (χ1v) is 14.1. The fourth-order valence-corrected chi connectivity index (χ4v) is 5.93. The van der Waals surface area contributed by atoms with Gasteiger partial charge < -0.3 is 10.1 Å². The van der Waals surface area contributed by atoms with Crippen molar-refractivity contribution in [2.75, 3.05) is 10.1 Å². The van der Waals surface area contributed by atoms with Gasteiger partial charge in [0, 0.05) is 27.6 Å². The molecule has 0 saturated heterocycles. The van der Waals surface area contributed by atoms with Crippen LogP contribution in [0.4, 0.5) is 44.7 Å². The molecule has 0 atom stereocenters. The monoisotopic (exact) mass is 593 g/mol. The van der Waals surface area contributed by atoms with E-state index in [0.29, 0.717) is 22.4 Å². The van der Waals surface area contributed by atoms with Crippen LogP contribution in [0.1, 0.15) is 22.3 Å². The molecule has 0 bridgehead atoms. The smallest absolute Gasteiger partial charge is 0.298 e. The lowest BCUT2D eigenvalue weighted by molar-refractivity contribution is 0.384. The van der Waals surface area contributed by atoms with Gasteiger partial charge in [-0.15, -0.1) is 0 Å². The topological polar surface area (TPSA) is 15.3 Å². The van der Waals surface area contributed by atoms with Gasteiger partial charge in [0.2, 0.25) is 0 Å². The van der Waals surface area contributed by atoms with Crippen molar-refractivity contribution in [2.24, 2.45) is 0 Å². The molecule has 6 aromatic carbocycles. The molecule has 0 aliphatic carbocycles. The Labute approximate surface area is 253 Å². The standard InChI is InChI=1S/C36H27BF5N2/c1-19-11-9-12-20(2)33(19)43-34-25-17-7-5-15-23(25)24-16-6-8-18-26(24)36(34)44(35-21(3)13-10-14-22(35)4)37-27-28(38)30(40)32(42)31(41)29(27)39/h5-18,43H,1-4H3. The van der Waals surface area contributed by atoms with Gasteiger partial charge in [-0.1, -0.05) is 84.9 Å². The summed E-state index contributed by atoms with van der Waals surface area (Å²) < 4.78 is 73.8. The Kier molecular flexibility index (Phi) is 7.53. The summed E-state index contributed by atoms with van der Waals surface area (Å²) in [5, 5.41) is 6.93. The van der Waals surface area contributed by atoms with Crippen molar-refractivity contribution < 1.29 is 22.0 Å². The number of halogens is 5. The molecule has 0 aliphatic rings. The average molecular weight is 593 g/mol. The number of nitrogens with zero attached hydrogens (tertiary/aromatic N) is 1. The van der Waals surface area contributed by atoms with E-state index in [1.807, 2.05) is 113 Å². The van der Waals surface area contributed by atoms with E-state index in [-0.39, 0.29) is 0 Å². The number of nitrogens with one attached hydrogen (secondary N) is 1. The van der Waals surface area contributed by atoms with Gasteiger partial charge in [0.1, 0.15) is 0 Å². The van der Waals surface area contributed by atoms with Crippen molar-refractivity contribution >= 4 is 57.2 Å². The minimum atomic E-state index is -2.20. The maximum Gasteiger partial charge on any atom is 0.298 e. The molecule has 1 radical (unpaired) electrons. The van der Waals surface area contributed by atoms with Crippen LogP contribution >= 0.6 is 0 Å². The summed E-state index contributed by atoms with van der Waals surface area (Å²) >= 11 is 0. The molecule has 0 spiro atoms. The van der Waals surface area contributed by atoms with E-state index >= 15 is 8.78 Å². The molecular formula is C36H27BF5N2. The van der Waals surface area contributed by atoms with Crippen molar-refractivity contribution in [3.63, 3.8) is 0 Å². The lowest BCUT2D eigenvalue weighted by Gasteiger charge is -2.33. The van der Waals surface area contributed by atoms with Gasteiger partial charge in [-0.2, -0.15) is 0 Å². The Balaban J connectivity index is 1.77. The number of anilines is 4. The van der Waals surface area contributed by atoms with Gasteiger partial charge in [0.25, 0.3) is 7.41 Å². The van der Waals surface area contributed by atoms with Gasteiger partial charge in [-0.3, -0.25) is 0 Å². The number of rotatable bonds is 6. The summed E-state index contributed by atoms with van der Waals surface area (Å²) in [5.74, 6) is -10.0. The third-order valence-corrected chi connectivity index (χ3v) is 8.06. The third-order valence-electron chi connectivity index (χ3n) is 8.06. The van der Waals surface area contributed by atoms with Crippen LogP contribution in [0.2, 0.25) is 0 Å². The van der Waals surface area contributed by atoms with E-state index in [9.17, 15) is 13.2 Å². The molecule has 0 aliphatic heterocycles. The average Bonchev–Trinajstić information content (AvgIpc) is 3.02. The number of hydrogen-bond acceptors (Lipinski definition) is 2. The van der Waals surface area contributed by atoms with E-state index in [4.69, 9.17) is 0 Å². The van der Waals surface area contributed by atoms with Crippen molar-refractivity contribution in [1.82, 2.24) is 0 Å². The second-order valence-electron chi connectivity index (χ2n) is 10.9. The zero-order valence-electron chi connectivity index (χ0n) is 24.5. The molecule has 0 saturated carbocycles. The molecule has 0 amide bonds. The molecule has 44 heavy (non-hydrogen) atoms. The van der Waals surface area contributed by atoms with E-state index in [2.05, 4.69) is 5.32 Å². The number of hydrogen-bond donors (Lipinski definition) is 1. The molecule has 0 aromatic heterocycles. The van der Waals surface area contributed by atoms with Crippen molar-refractivity contribution in [2.45, 2.75) is 27.7 Å². The van der Waals surface area contributed by atoms with Gasteiger partial charge >= 0.3 is 0 Å². The minimum absolute atomic E-state index is 0.489. The highest BCUT2D eigenvalue weighted by atomic mass is 19.2. The van der Waals surface area contributed by atoms with Crippen LogP contribution in [0, 0.1) is 56.8 Å². The number of fused-ring (bicyclic) bond motifs is 3. The molecule has 6 aromatic rings. The maximum atomic E-state index is 15.3. The molecular weight excluding hydrogens is 566 g/mol. The van der Waals surface area contributed by atoms with Gasteiger partial charge in [-0.25, -0.2) is 22.0 Å². The molecule has 0 fully saturated rings. The highest BCUT2D eigenvalue weighted by molar-refractivity contribution is 6.61. The summed E-state index contributed by atoms with van der Waals surface area (Å²) in [6.07, 6.45) is 0. The van der Waals surface area contributed by atoms with Crippen molar-refractivity contribution in [3.8, 4) is 0 Å². The Morgan fingerprint density at radius 2 is 0.886 bits per heavy atom. The second kappa shape index (κ2) is 11.3. The van der Waals surface area contributed by atoms with Crippen LogP contribution in [0.25, 0.3) is 21.5 Å². The molecule has 0 unspecified atom stereocenters. The SMILES string of the molecule is Cc1cccc(C)c1Nc1c(N([B]c2c(F)c(F)c(F)c(F)c2F)c2c(C)cccc2C)c2ccccc2c2ccccc12. The summed E-state index contributed by atoms with van der Waals surface area (Å²) in [7, 11) is 1.01. The van der Waals surface area contributed by atoms with Crippen LogP contribution < -0.4 is 15.6 Å². The van der Waals surface area contributed by atoms with Gasteiger partial charge in [0.05, 0.1) is 11.4 Å². The highest BCUT2D eigenvalue weighted by Crippen LogP contribution is 2.47. The predicted octanol–water partition coefficient (Wildman–Crippen LogP) is 9.75. The highest BCUT2D eigenvalue weighted by Gasteiger charge is 2.31. The lowest BCUT2D eigenvalue weighted by atomic mass is 9.76. The summed E-state index contributed by atoms with van der Waals surface area (Å²) in [6.45, 7) is 7.62. The second-order valence-corrected chi connectivity index (χ2v) is 10.9. The number of aryl methyl sites for hydroxylation is 4. The fraction of sp³-hybridized carbons (Fsp3) is 0.111. The van der Waals surface area contributed by atoms with E-state index in [0.717, 1.165) is 51.5 Å². The zero-order chi connectivity index (χ0) is 31.3. The van der Waals surface area contributed by atoms with Crippen LogP contribution in [0.15, 0.2) is 84.9 Å². The van der Waals surface area contributed by atoms with E-state index in [1.54, 1.807) is 4.81 Å². The molecule has 6 rings (SSSR count). The Morgan fingerprint density at radius 3 is 1.43 bits per heavy atom. The Bertz CT molecular complexity index is 2020. The van der Waals surface area contributed by atoms with E-state index < -0.39 is 34.5 Å². The number of para-hydroxylation sites is 2. The third kappa shape index (κ3) is 4.75. The molecule has 1 N–H and O–H groups in total. The van der Waals surface area contributed by atoms with Crippen molar-refractivity contribution in [1.29, 1.82) is 0 Å². The summed E-state index contributed by atoms with van der Waals surface area (Å²) in [4.78, 5) is 1.55. The lowest BCUT2D eigenvalue weighted by Crippen LogP contribution is -2.39. The largest absolute Gasteiger partial charge is 0.383 e. The van der Waals surface area contributed by atoms with Crippen molar-refractivity contribution in [3.05, 3.63) is 136 Å². The molecule has 0 heterocycles. The fourth-order valence-electron chi connectivity index (χ4n) is 5.93. The summed E-state index contributed by atoms with van der Waals surface area (Å²) in [6, 6.07) is 26.8. The first-order chi connectivity index (χ1) is 21.1. The minimum Gasteiger partial charge on any atom is -0.383 e. The quantitative estimate of drug-likeness (QED) is 0.0517. The van der Waals surface area contributed by atoms with Gasteiger partial charge in [0.15, 0.2) is 29.1 Å². The normalized spacial score (nSPS) is 11.3. The Morgan fingerprint density at radius 1 is 0.455 bits per heavy atom. The zero-order valence-corrected chi connectivity index (χ0v) is 24.5. The molecule has 219 valence electrons. The maximum absolute atomic E-state index is 15.3. The van der Waals surface area contributed by atoms with Crippen LogP contribution in [0.5, 0.6) is 0 Å². The van der Waals surface area contributed by atoms with Crippen LogP contribution in [-0.4, -0.2) is 7.41 Å².